The Bertz CT molecular complexity index is 1320. The summed E-state index contributed by atoms with van der Waals surface area (Å²) in [7, 11) is -2.66. The zero-order chi connectivity index (χ0) is 24.9. The highest BCUT2D eigenvalue weighted by atomic mass is 35.5. The zero-order valence-electron chi connectivity index (χ0n) is 18.8. The van der Waals surface area contributed by atoms with Crippen molar-refractivity contribution in [1.82, 2.24) is 5.43 Å². The summed E-state index contributed by atoms with van der Waals surface area (Å²) in [6, 6.07) is 15.9. The van der Waals surface area contributed by atoms with Crippen molar-refractivity contribution in [2.24, 2.45) is 5.10 Å². The molecule has 178 valence electrons. The van der Waals surface area contributed by atoms with Crippen molar-refractivity contribution in [3.05, 3.63) is 82.4 Å². The number of carbonyl (C=O) groups excluding carboxylic acids is 1. The number of sulfonamides is 1. The Hall–Kier alpha value is -3.56. The minimum atomic E-state index is -4.07. The van der Waals surface area contributed by atoms with Gasteiger partial charge in [0.2, 0.25) is 0 Å². The molecule has 3 aromatic rings. The molecule has 0 radical (unpaired) electrons. The fourth-order valence-electron chi connectivity index (χ4n) is 3.18. The van der Waals surface area contributed by atoms with Gasteiger partial charge in [-0.05, 0) is 61.9 Å². The van der Waals surface area contributed by atoms with Gasteiger partial charge in [0.25, 0.3) is 15.9 Å². The molecule has 0 aliphatic rings. The Morgan fingerprint density at radius 3 is 2.50 bits per heavy atom. The van der Waals surface area contributed by atoms with Crippen LogP contribution in [0.3, 0.4) is 0 Å². The number of halogens is 1. The van der Waals surface area contributed by atoms with Crippen molar-refractivity contribution >= 4 is 39.4 Å². The zero-order valence-corrected chi connectivity index (χ0v) is 20.4. The highest BCUT2D eigenvalue weighted by molar-refractivity contribution is 7.92. The standard InChI is InChI=1S/C24H24ClN3O5S/c1-16-7-10-20(11-8-16)34(31,32)28(21-12-9-19(25)13-17(21)2)15-23(29)27-26-14-18-5-4-6-22(33-3)24(18)30/h4-14,30H,15H2,1-3H3,(H,27,29)/b26-14-. The Morgan fingerprint density at radius 1 is 1.15 bits per heavy atom. The van der Waals surface area contributed by atoms with Crippen molar-refractivity contribution in [1.29, 1.82) is 0 Å². The van der Waals surface area contributed by atoms with Crippen LogP contribution < -0.4 is 14.5 Å². The molecule has 34 heavy (non-hydrogen) atoms. The molecule has 0 bridgehead atoms. The van der Waals surface area contributed by atoms with Crippen LogP contribution in [0.4, 0.5) is 5.69 Å². The van der Waals surface area contributed by atoms with E-state index in [2.05, 4.69) is 10.5 Å². The van der Waals surface area contributed by atoms with E-state index in [1.54, 1.807) is 55.5 Å². The first kappa shape index (κ1) is 25.1. The predicted octanol–water partition coefficient (Wildman–Crippen LogP) is 4.02. The number of aromatic hydroxyl groups is 1. The molecule has 0 fully saturated rings. The topological polar surface area (TPSA) is 108 Å². The molecular weight excluding hydrogens is 478 g/mol. The fraction of sp³-hybridized carbons (Fsp3) is 0.167. The number of aryl methyl sites for hydroxylation is 2. The van der Waals surface area contributed by atoms with Crippen LogP contribution in [0.25, 0.3) is 0 Å². The molecule has 0 spiro atoms. The molecule has 8 nitrogen and oxygen atoms in total. The van der Waals surface area contributed by atoms with E-state index in [1.807, 2.05) is 6.92 Å². The number of phenolic OH excluding ortho intramolecular Hbond substituents is 1. The molecule has 0 atom stereocenters. The predicted molar refractivity (Wildman–Crippen MR) is 132 cm³/mol. The monoisotopic (exact) mass is 501 g/mol. The molecule has 10 heteroatoms. The fourth-order valence-corrected chi connectivity index (χ4v) is 4.90. The van der Waals surface area contributed by atoms with Crippen molar-refractivity contribution < 1.29 is 23.1 Å². The molecule has 0 saturated carbocycles. The lowest BCUT2D eigenvalue weighted by molar-refractivity contribution is -0.119. The molecule has 3 rings (SSSR count). The number of anilines is 1. The molecule has 2 N–H and O–H groups in total. The van der Waals surface area contributed by atoms with E-state index in [9.17, 15) is 18.3 Å². The van der Waals surface area contributed by atoms with Gasteiger partial charge in [0.15, 0.2) is 11.5 Å². The van der Waals surface area contributed by atoms with E-state index in [0.29, 0.717) is 21.8 Å². The third-order valence-electron chi connectivity index (χ3n) is 4.97. The number of hydrogen-bond donors (Lipinski definition) is 2. The first-order valence-electron chi connectivity index (χ1n) is 10.2. The summed E-state index contributed by atoms with van der Waals surface area (Å²) in [5.41, 5.74) is 4.43. The first-order valence-corrected chi connectivity index (χ1v) is 12.0. The van der Waals surface area contributed by atoms with Gasteiger partial charge in [-0.2, -0.15) is 5.10 Å². The van der Waals surface area contributed by atoms with Crippen molar-refractivity contribution in [2.75, 3.05) is 18.0 Å². The van der Waals surface area contributed by atoms with Crippen LogP contribution in [0.1, 0.15) is 16.7 Å². The third kappa shape index (κ3) is 5.67. The van der Waals surface area contributed by atoms with Crippen LogP contribution in [0.2, 0.25) is 5.02 Å². The number of hydrazone groups is 1. The van der Waals surface area contributed by atoms with Gasteiger partial charge in [0, 0.05) is 10.6 Å². The van der Waals surface area contributed by atoms with E-state index in [-0.39, 0.29) is 16.4 Å². The summed E-state index contributed by atoms with van der Waals surface area (Å²) in [5, 5.41) is 14.4. The lowest BCUT2D eigenvalue weighted by Crippen LogP contribution is -2.40. The van der Waals surface area contributed by atoms with Crippen LogP contribution in [0.15, 0.2) is 70.7 Å². The van der Waals surface area contributed by atoms with E-state index in [0.717, 1.165) is 9.87 Å². The highest BCUT2D eigenvalue weighted by Crippen LogP contribution is 2.29. The molecule has 0 saturated heterocycles. The maximum atomic E-state index is 13.5. The number of benzene rings is 3. The van der Waals surface area contributed by atoms with Gasteiger partial charge < -0.3 is 9.84 Å². The van der Waals surface area contributed by atoms with Crippen LogP contribution in [0, 0.1) is 13.8 Å². The number of hydrogen-bond acceptors (Lipinski definition) is 6. The highest BCUT2D eigenvalue weighted by Gasteiger charge is 2.28. The number of carbonyl (C=O) groups is 1. The van der Waals surface area contributed by atoms with Gasteiger partial charge in [-0.1, -0.05) is 35.4 Å². The summed E-state index contributed by atoms with van der Waals surface area (Å²) < 4.78 is 33.0. The number of nitrogens with one attached hydrogen (secondary N) is 1. The van der Waals surface area contributed by atoms with E-state index in [4.69, 9.17) is 16.3 Å². The minimum Gasteiger partial charge on any atom is -0.504 e. The molecule has 3 aromatic carbocycles. The van der Waals surface area contributed by atoms with Crippen LogP contribution >= 0.6 is 11.6 Å². The maximum Gasteiger partial charge on any atom is 0.264 e. The molecule has 0 aromatic heterocycles. The summed E-state index contributed by atoms with van der Waals surface area (Å²) in [6.45, 7) is 3.03. The van der Waals surface area contributed by atoms with Crippen LogP contribution in [0.5, 0.6) is 11.5 Å². The number of amides is 1. The minimum absolute atomic E-state index is 0.0463. The van der Waals surface area contributed by atoms with E-state index in [1.165, 1.54) is 25.5 Å². The lowest BCUT2D eigenvalue weighted by Gasteiger charge is -2.25. The van der Waals surface area contributed by atoms with Crippen LogP contribution in [-0.4, -0.2) is 39.3 Å². The molecular formula is C24H24ClN3O5S. The first-order chi connectivity index (χ1) is 16.1. The second-order valence-corrected chi connectivity index (χ2v) is 9.75. The number of para-hydroxylation sites is 1. The Labute approximate surface area is 203 Å². The number of rotatable bonds is 8. The number of ether oxygens (including phenoxy) is 1. The van der Waals surface area contributed by atoms with Crippen molar-refractivity contribution in [3.8, 4) is 11.5 Å². The molecule has 0 aliphatic carbocycles. The number of phenols is 1. The summed E-state index contributed by atoms with van der Waals surface area (Å²) >= 11 is 6.04. The van der Waals surface area contributed by atoms with Gasteiger partial charge in [-0.15, -0.1) is 0 Å². The molecule has 0 aliphatic heterocycles. The van der Waals surface area contributed by atoms with Crippen molar-refractivity contribution in [3.63, 3.8) is 0 Å². The quantitative estimate of drug-likeness (QED) is 0.358. The Kier molecular flexibility index (Phi) is 7.80. The van der Waals surface area contributed by atoms with Gasteiger partial charge in [0.1, 0.15) is 6.54 Å². The van der Waals surface area contributed by atoms with Gasteiger partial charge >= 0.3 is 0 Å². The average molecular weight is 502 g/mol. The van der Waals surface area contributed by atoms with E-state index >= 15 is 0 Å². The summed E-state index contributed by atoms with van der Waals surface area (Å²) in [4.78, 5) is 12.7. The lowest BCUT2D eigenvalue weighted by atomic mass is 10.2. The normalized spacial score (nSPS) is 11.4. The molecule has 0 unspecified atom stereocenters. The average Bonchev–Trinajstić information content (AvgIpc) is 2.79. The summed E-state index contributed by atoms with van der Waals surface area (Å²) in [6.07, 6.45) is 1.24. The van der Waals surface area contributed by atoms with Crippen LogP contribution in [-0.2, 0) is 14.8 Å². The summed E-state index contributed by atoms with van der Waals surface area (Å²) in [5.74, 6) is -0.559. The second-order valence-electron chi connectivity index (χ2n) is 7.45. The Balaban J connectivity index is 1.88. The molecule has 0 heterocycles. The van der Waals surface area contributed by atoms with Crippen molar-refractivity contribution in [2.45, 2.75) is 18.7 Å². The Morgan fingerprint density at radius 2 is 1.85 bits per heavy atom. The molecule has 1 amide bonds. The second kappa shape index (κ2) is 10.6. The number of methoxy groups -OCH3 is 1. The van der Waals surface area contributed by atoms with Gasteiger partial charge in [0.05, 0.1) is 23.9 Å². The van der Waals surface area contributed by atoms with Gasteiger partial charge in [-0.3, -0.25) is 9.10 Å². The third-order valence-corrected chi connectivity index (χ3v) is 6.98. The maximum absolute atomic E-state index is 13.5. The largest absolute Gasteiger partial charge is 0.504 e. The SMILES string of the molecule is COc1cccc(/C=N\NC(=O)CN(c2ccc(Cl)cc2C)S(=O)(=O)c2ccc(C)cc2)c1O. The number of nitrogens with zero attached hydrogens (tertiary/aromatic N) is 2. The smallest absolute Gasteiger partial charge is 0.264 e. The van der Waals surface area contributed by atoms with Gasteiger partial charge in [-0.25, -0.2) is 13.8 Å². The van der Waals surface area contributed by atoms with E-state index < -0.39 is 22.5 Å².